The number of hydrogen-bond donors (Lipinski definition) is 0. The molecule has 1 aliphatic rings. The van der Waals surface area contributed by atoms with Crippen molar-refractivity contribution in [2.24, 2.45) is 0 Å². The number of amides is 1. The van der Waals surface area contributed by atoms with E-state index in [4.69, 9.17) is 5.26 Å². The number of aromatic nitrogens is 2. The summed E-state index contributed by atoms with van der Waals surface area (Å²) >= 11 is 1.20. The SMILES string of the molecule is N#Cc1ccc(-n2c(SCC(=O)N3CCN(c4ccccc4F)CC3)nc3ccccc3c2=O)cc1. The topological polar surface area (TPSA) is 82.2 Å². The van der Waals surface area contributed by atoms with Crippen LogP contribution in [0.2, 0.25) is 0 Å². The molecule has 0 saturated carbocycles. The Labute approximate surface area is 211 Å². The fourth-order valence-electron chi connectivity index (χ4n) is 4.24. The lowest BCUT2D eigenvalue weighted by molar-refractivity contribution is -0.128. The number of carbonyl (C=O) groups is 1. The Morgan fingerprint density at radius 1 is 0.972 bits per heavy atom. The average Bonchev–Trinajstić information content (AvgIpc) is 2.92. The number of fused-ring (bicyclic) bond motifs is 1. The molecule has 4 aromatic rings. The summed E-state index contributed by atoms with van der Waals surface area (Å²) in [7, 11) is 0. The molecule has 0 unspecified atom stereocenters. The highest BCUT2D eigenvalue weighted by Crippen LogP contribution is 2.24. The molecule has 3 aromatic carbocycles. The second-order valence-corrected chi connectivity index (χ2v) is 9.26. The first-order valence-corrected chi connectivity index (χ1v) is 12.5. The molecule has 5 rings (SSSR count). The predicted octanol–water partition coefficient (Wildman–Crippen LogP) is 3.84. The van der Waals surface area contributed by atoms with Gasteiger partial charge in [0.05, 0.1) is 39.7 Å². The van der Waals surface area contributed by atoms with Gasteiger partial charge < -0.3 is 9.80 Å². The minimum Gasteiger partial charge on any atom is -0.366 e. The van der Waals surface area contributed by atoms with Crippen LogP contribution in [0.5, 0.6) is 0 Å². The fourth-order valence-corrected chi connectivity index (χ4v) is 5.16. The summed E-state index contributed by atoms with van der Waals surface area (Å²) in [5.74, 6) is -0.223. The Kier molecular flexibility index (Phi) is 6.69. The van der Waals surface area contributed by atoms with Crippen LogP contribution in [0.3, 0.4) is 0 Å². The van der Waals surface area contributed by atoms with Crippen molar-refractivity contribution < 1.29 is 9.18 Å². The number of hydrogen-bond acceptors (Lipinski definition) is 6. The van der Waals surface area contributed by atoms with Crippen LogP contribution in [-0.2, 0) is 4.79 Å². The zero-order chi connectivity index (χ0) is 25.1. The monoisotopic (exact) mass is 499 g/mol. The minimum atomic E-state index is -0.268. The lowest BCUT2D eigenvalue weighted by Gasteiger charge is -2.36. The zero-order valence-electron chi connectivity index (χ0n) is 19.3. The van der Waals surface area contributed by atoms with Crippen molar-refractivity contribution in [2.45, 2.75) is 5.16 Å². The van der Waals surface area contributed by atoms with Crippen LogP contribution in [0.15, 0.2) is 82.7 Å². The van der Waals surface area contributed by atoms with E-state index in [1.165, 1.54) is 22.4 Å². The summed E-state index contributed by atoms with van der Waals surface area (Å²) in [6.07, 6.45) is 0. The molecule has 1 aliphatic heterocycles. The number of nitriles is 1. The van der Waals surface area contributed by atoms with Gasteiger partial charge in [-0.15, -0.1) is 0 Å². The van der Waals surface area contributed by atoms with E-state index < -0.39 is 0 Å². The Bertz CT molecular complexity index is 1520. The van der Waals surface area contributed by atoms with Crippen molar-refractivity contribution >= 4 is 34.3 Å². The van der Waals surface area contributed by atoms with Crippen molar-refractivity contribution in [3.05, 3.63) is 94.5 Å². The lowest BCUT2D eigenvalue weighted by Crippen LogP contribution is -2.49. The van der Waals surface area contributed by atoms with E-state index in [2.05, 4.69) is 11.1 Å². The number of rotatable bonds is 5. The van der Waals surface area contributed by atoms with E-state index in [0.29, 0.717) is 59.2 Å². The third kappa shape index (κ3) is 4.68. The van der Waals surface area contributed by atoms with Crippen LogP contribution in [0.4, 0.5) is 10.1 Å². The smallest absolute Gasteiger partial charge is 0.266 e. The molecule has 1 amide bonds. The molecular weight excluding hydrogens is 477 g/mol. The maximum atomic E-state index is 14.1. The summed E-state index contributed by atoms with van der Waals surface area (Å²) in [5.41, 5.74) is 1.93. The van der Waals surface area contributed by atoms with Gasteiger partial charge in [0.1, 0.15) is 5.82 Å². The van der Waals surface area contributed by atoms with Gasteiger partial charge in [0.15, 0.2) is 5.16 Å². The summed E-state index contributed by atoms with van der Waals surface area (Å²) in [4.78, 5) is 34.8. The van der Waals surface area contributed by atoms with Crippen LogP contribution in [0.25, 0.3) is 16.6 Å². The first kappa shape index (κ1) is 23.6. The van der Waals surface area contributed by atoms with E-state index in [1.807, 2.05) is 11.0 Å². The molecule has 180 valence electrons. The van der Waals surface area contributed by atoms with E-state index in [0.717, 1.165) is 0 Å². The average molecular weight is 500 g/mol. The number of carbonyl (C=O) groups excluding carboxylic acids is 1. The molecule has 0 radical (unpaired) electrons. The van der Waals surface area contributed by atoms with Crippen molar-refractivity contribution in [1.29, 1.82) is 5.26 Å². The maximum Gasteiger partial charge on any atom is 0.266 e. The zero-order valence-corrected chi connectivity index (χ0v) is 20.1. The predicted molar refractivity (Wildman–Crippen MR) is 138 cm³/mol. The van der Waals surface area contributed by atoms with Crippen LogP contribution in [0.1, 0.15) is 5.56 Å². The molecule has 2 heterocycles. The van der Waals surface area contributed by atoms with Crippen LogP contribution >= 0.6 is 11.8 Å². The van der Waals surface area contributed by atoms with Gasteiger partial charge in [-0.25, -0.2) is 9.37 Å². The molecule has 36 heavy (non-hydrogen) atoms. The van der Waals surface area contributed by atoms with Crippen LogP contribution in [-0.4, -0.2) is 52.3 Å². The molecule has 1 aromatic heterocycles. The number of benzene rings is 3. The van der Waals surface area contributed by atoms with Gasteiger partial charge in [-0.2, -0.15) is 5.26 Å². The largest absolute Gasteiger partial charge is 0.366 e. The molecule has 0 N–H and O–H groups in total. The van der Waals surface area contributed by atoms with Gasteiger partial charge in [-0.3, -0.25) is 14.2 Å². The molecule has 7 nitrogen and oxygen atoms in total. The number of nitrogens with zero attached hydrogens (tertiary/aromatic N) is 5. The molecule has 1 fully saturated rings. The highest BCUT2D eigenvalue weighted by Gasteiger charge is 2.23. The second kappa shape index (κ2) is 10.2. The van der Waals surface area contributed by atoms with Crippen LogP contribution in [0, 0.1) is 17.1 Å². The molecule has 0 spiro atoms. The van der Waals surface area contributed by atoms with Gasteiger partial charge in [-0.05, 0) is 48.5 Å². The van der Waals surface area contributed by atoms with Gasteiger partial charge in [0, 0.05) is 26.2 Å². The number of anilines is 1. The Morgan fingerprint density at radius 3 is 2.39 bits per heavy atom. The Hall–Kier alpha value is -4.16. The fraction of sp³-hybridized carbons (Fsp3) is 0.185. The van der Waals surface area contributed by atoms with Crippen LogP contribution < -0.4 is 10.5 Å². The van der Waals surface area contributed by atoms with E-state index in [-0.39, 0.29) is 23.0 Å². The first-order valence-electron chi connectivity index (χ1n) is 11.5. The third-order valence-electron chi connectivity index (χ3n) is 6.15. The summed E-state index contributed by atoms with van der Waals surface area (Å²) in [6.45, 7) is 2.06. The molecule has 0 atom stereocenters. The standard InChI is InChI=1S/C27H22FN5O2S/c28-22-6-2-4-8-24(22)31-13-15-32(16-14-31)25(34)18-36-27-30-23-7-3-1-5-21(23)26(35)33(27)20-11-9-19(17-29)10-12-20/h1-12H,13-16,18H2. The van der Waals surface area contributed by atoms with Gasteiger partial charge in [0.2, 0.25) is 5.91 Å². The number of para-hydroxylation sites is 2. The minimum absolute atomic E-state index is 0.0676. The lowest BCUT2D eigenvalue weighted by atomic mass is 10.2. The second-order valence-electron chi connectivity index (χ2n) is 8.32. The van der Waals surface area contributed by atoms with Crippen molar-refractivity contribution in [1.82, 2.24) is 14.5 Å². The summed E-state index contributed by atoms with van der Waals surface area (Å²) in [6, 6.07) is 22.5. The van der Waals surface area contributed by atoms with Gasteiger partial charge in [0.25, 0.3) is 5.56 Å². The highest BCUT2D eigenvalue weighted by atomic mass is 32.2. The van der Waals surface area contributed by atoms with Crippen molar-refractivity contribution in [3.8, 4) is 11.8 Å². The number of thioether (sulfide) groups is 1. The molecule has 1 saturated heterocycles. The maximum absolute atomic E-state index is 14.1. The highest BCUT2D eigenvalue weighted by molar-refractivity contribution is 7.99. The quantitative estimate of drug-likeness (QED) is 0.307. The summed E-state index contributed by atoms with van der Waals surface area (Å²) in [5, 5.41) is 9.99. The Morgan fingerprint density at radius 2 is 1.67 bits per heavy atom. The third-order valence-corrected chi connectivity index (χ3v) is 7.07. The number of piperazine rings is 1. The first-order chi connectivity index (χ1) is 17.5. The van der Waals surface area contributed by atoms with Gasteiger partial charge in [-0.1, -0.05) is 36.0 Å². The summed E-state index contributed by atoms with van der Waals surface area (Å²) < 4.78 is 15.6. The molecular formula is C27H22FN5O2S. The molecule has 9 heteroatoms. The Balaban J connectivity index is 1.35. The van der Waals surface area contributed by atoms with E-state index in [9.17, 15) is 14.0 Å². The molecule has 0 aliphatic carbocycles. The van der Waals surface area contributed by atoms with E-state index in [1.54, 1.807) is 65.6 Å². The van der Waals surface area contributed by atoms with Gasteiger partial charge >= 0.3 is 0 Å². The number of halogens is 1. The normalized spacial score (nSPS) is 13.6. The van der Waals surface area contributed by atoms with Crippen molar-refractivity contribution in [2.75, 3.05) is 36.8 Å². The van der Waals surface area contributed by atoms with Crippen molar-refractivity contribution in [3.63, 3.8) is 0 Å². The van der Waals surface area contributed by atoms with E-state index >= 15 is 0 Å². The molecule has 0 bridgehead atoms.